The van der Waals surface area contributed by atoms with E-state index < -0.39 is 5.97 Å². The second-order valence-corrected chi connectivity index (χ2v) is 10.9. The molecule has 194 valence electrons. The number of carbonyl (C=O) groups is 1. The minimum Gasteiger partial charge on any atom is -0.477 e. The molecule has 0 radical (unpaired) electrons. The van der Waals surface area contributed by atoms with E-state index in [2.05, 4.69) is 44.3 Å². The number of carboxylic acid groups (broad SMARTS) is 1. The predicted molar refractivity (Wildman–Crippen MR) is 149 cm³/mol. The highest BCUT2D eigenvalue weighted by molar-refractivity contribution is 6.39. The lowest BCUT2D eigenvalue weighted by Crippen LogP contribution is -2.33. The maximum Gasteiger partial charge on any atom is 0.354 e. The molecule has 4 aromatic rings. The quantitative estimate of drug-likeness (QED) is 0.268. The number of fused-ring (bicyclic) bond motifs is 1. The van der Waals surface area contributed by atoms with E-state index in [-0.39, 0.29) is 5.69 Å². The van der Waals surface area contributed by atoms with Gasteiger partial charge in [0, 0.05) is 59.3 Å². The summed E-state index contributed by atoms with van der Waals surface area (Å²) in [6.45, 7) is 3.71. The number of aryl methyl sites for hydroxylation is 1. The number of hydrogen-bond donors (Lipinski definition) is 1. The molecule has 6 rings (SSSR count). The molecule has 3 aromatic heterocycles. The molecule has 1 saturated carbocycles. The summed E-state index contributed by atoms with van der Waals surface area (Å²) in [7, 11) is 0. The summed E-state index contributed by atoms with van der Waals surface area (Å²) < 4.78 is 5.78. The zero-order valence-electron chi connectivity index (χ0n) is 20.8. The first-order valence-corrected chi connectivity index (χ1v) is 13.5. The van der Waals surface area contributed by atoms with Gasteiger partial charge in [-0.1, -0.05) is 46.6 Å². The van der Waals surface area contributed by atoms with Crippen LogP contribution >= 0.6 is 23.2 Å². The molecule has 38 heavy (non-hydrogen) atoms. The number of rotatable bonds is 6. The molecule has 1 saturated heterocycles. The van der Waals surface area contributed by atoms with Gasteiger partial charge >= 0.3 is 5.97 Å². The van der Waals surface area contributed by atoms with E-state index in [0.717, 1.165) is 72.3 Å². The summed E-state index contributed by atoms with van der Waals surface area (Å²) in [4.78, 5) is 22.0. The maximum absolute atomic E-state index is 11.3. The molecular formula is C29H26Cl2N4O3. The Morgan fingerprint density at radius 2 is 1.84 bits per heavy atom. The van der Waals surface area contributed by atoms with Crippen LogP contribution in [-0.4, -0.2) is 39.3 Å². The highest BCUT2D eigenvalue weighted by atomic mass is 35.5. The third-order valence-corrected chi connectivity index (χ3v) is 8.03. The van der Waals surface area contributed by atoms with Gasteiger partial charge in [0.15, 0.2) is 0 Å². The van der Waals surface area contributed by atoms with E-state index >= 15 is 0 Å². The number of halogens is 2. The van der Waals surface area contributed by atoms with Crippen molar-refractivity contribution in [2.45, 2.75) is 38.5 Å². The molecule has 0 unspecified atom stereocenters. The minimum absolute atomic E-state index is 0.0737. The van der Waals surface area contributed by atoms with Gasteiger partial charge in [-0.15, -0.1) is 0 Å². The molecule has 1 aliphatic carbocycles. The van der Waals surface area contributed by atoms with Crippen molar-refractivity contribution in [2.24, 2.45) is 5.92 Å². The molecule has 7 nitrogen and oxygen atoms in total. The molecular weight excluding hydrogens is 523 g/mol. The average Bonchev–Trinajstić information content (AvgIpc) is 3.67. The van der Waals surface area contributed by atoms with Crippen molar-refractivity contribution in [3.8, 4) is 11.3 Å². The topological polar surface area (TPSA) is 92.3 Å². The van der Waals surface area contributed by atoms with Crippen LogP contribution in [0.5, 0.6) is 0 Å². The molecule has 9 heteroatoms. The van der Waals surface area contributed by atoms with Gasteiger partial charge in [-0.2, -0.15) is 0 Å². The largest absolute Gasteiger partial charge is 0.477 e. The van der Waals surface area contributed by atoms with Gasteiger partial charge in [-0.05, 0) is 62.1 Å². The SMILES string of the molecule is Cc1nc(C(=O)O)cc2ccc(N3CCC(/C=C/c4c(-c5c(Cl)cncc5Cl)noc4C4CC4)CC3)cc12. The molecule has 4 heterocycles. The highest BCUT2D eigenvalue weighted by Gasteiger charge is 2.33. The Labute approximate surface area is 230 Å². The number of nitrogens with zero attached hydrogens (tertiary/aromatic N) is 4. The fourth-order valence-corrected chi connectivity index (χ4v) is 5.77. The number of piperidine rings is 1. The zero-order chi connectivity index (χ0) is 26.4. The second-order valence-electron chi connectivity index (χ2n) is 10.0. The molecule has 1 aliphatic heterocycles. The molecule has 0 bridgehead atoms. The lowest BCUT2D eigenvalue weighted by Gasteiger charge is -2.32. The molecule has 0 atom stereocenters. The van der Waals surface area contributed by atoms with Gasteiger partial charge in [0.2, 0.25) is 0 Å². The first-order chi connectivity index (χ1) is 18.4. The van der Waals surface area contributed by atoms with Crippen molar-refractivity contribution < 1.29 is 14.4 Å². The highest BCUT2D eigenvalue weighted by Crippen LogP contribution is 2.46. The van der Waals surface area contributed by atoms with Crippen LogP contribution in [0, 0.1) is 12.8 Å². The summed E-state index contributed by atoms with van der Waals surface area (Å²) in [6, 6.07) is 7.80. The molecule has 2 aliphatic rings. The van der Waals surface area contributed by atoms with Crippen LogP contribution in [0.3, 0.4) is 0 Å². The third-order valence-electron chi connectivity index (χ3n) is 7.46. The van der Waals surface area contributed by atoms with Crippen molar-refractivity contribution in [1.29, 1.82) is 0 Å². The van der Waals surface area contributed by atoms with Gasteiger partial charge in [-0.3, -0.25) is 4.98 Å². The van der Waals surface area contributed by atoms with Crippen LogP contribution in [0.2, 0.25) is 10.0 Å². The lowest BCUT2D eigenvalue weighted by atomic mass is 9.94. The van der Waals surface area contributed by atoms with Crippen molar-refractivity contribution in [3.63, 3.8) is 0 Å². The molecule has 1 aromatic carbocycles. The smallest absolute Gasteiger partial charge is 0.354 e. The van der Waals surface area contributed by atoms with Crippen LogP contribution in [0.15, 0.2) is 47.3 Å². The van der Waals surface area contributed by atoms with Crippen molar-refractivity contribution in [3.05, 3.63) is 75.5 Å². The maximum atomic E-state index is 11.3. The van der Waals surface area contributed by atoms with Gasteiger partial charge in [0.1, 0.15) is 17.1 Å². The summed E-state index contributed by atoms with van der Waals surface area (Å²) in [5.41, 5.74) is 4.22. The normalized spacial score (nSPS) is 16.6. The van der Waals surface area contributed by atoms with E-state index in [0.29, 0.717) is 33.1 Å². The molecule has 1 N–H and O–H groups in total. The lowest BCUT2D eigenvalue weighted by molar-refractivity contribution is 0.0690. The predicted octanol–water partition coefficient (Wildman–Crippen LogP) is 7.41. The summed E-state index contributed by atoms with van der Waals surface area (Å²) in [6.07, 6.45) is 11.8. The Morgan fingerprint density at radius 3 is 2.53 bits per heavy atom. The Morgan fingerprint density at radius 1 is 1.11 bits per heavy atom. The van der Waals surface area contributed by atoms with Gasteiger partial charge in [0.25, 0.3) is 0 Å². The van der Waals surface area contributed by atoms with E-state index in [1.165, 1.54) is 0 Å². The molecule has 0 amide bonds. The number of aromatic nitrogens is 3. The van der Waals surface area contributed by atoms with Gasteiger partial charge < -0.3 is 14.5 Å². The van der Waals surface area contributed by atoms with E-state index in [1.807, 2.05) is 13.0 Å². The van der Waals surface area contributed by atoms with Gasteiger partial charge in [0.05, 0.1) is 10.0 Å². The average molecular weight is 549 g/mol. The standard InChI is InChI=1S/C29H26Cl2N4O3/c1-16-22-13-20(6-5-19(22)12-25(33-16)29(36)37)35-10-8-17(9-11-35)2-7-21-27(34-38-28(21)18-3-4-18)26-23(30)14-32-15-24(26)31/h2,5-7,12-15,17-18H,3-4,8-11H2,1H3,(H,36,37)/b7-2+. The Kier molecular flexibility index (Phi) is 6.58. The second kappa shape index (κ2) is 10.0. The van der Waals surface area contributed by atoms with Crippen molar-refractivity contribution in [2.75, 3.05) is 18.0 Å². The van der Waals surface area contributed by atoms with Crippen LogP contribution in [0.4, 0.5) is 5.69 Å². The number of benzene rings is 1. The van der Waals surface area contributed by atoms with Crippen molar-refractivity contribution >= 4 is 51.7 Å². The minimum atomic E-state index is -1.01. The summed E-state index contributed by atoms with van der Waals surface area (Å²) in [5.74, 6) is 0.716. The van der Waals surface area contributed by atoms with Crippen LogP contribution in [-0.2, 0) is 0 Å². The fourth-order valence-electron chi connectivity index (χ4n) is 5.22. The molecule has 2 fully saturated rings. The Hall–Kier alpha value is -3.42. The van der Waals surface area contributed by atoms with E-state index in [9.17, 15) is 9.90 Å². The number of allylic oxidation sites excluding steroid dienone is 1. The summed E-state index contributed by atoms with van der Waals surface area (Å²) in [5, 5.41) is 16.4. The number of aromatic carboxylic acids is 1. The number of anilines is 1. The number of pyridine rings is 2. The first kappa shape index (κ1) is 24.9. The van der Waals surface area contributed by atoms with Gasteiger partial charge in [-0.25, -0.2) is 9.78 Å². The van der Waals surface area contributed by atoms with E-state index in [1.54, 1.807) is 18.5 Å². The van der Waals surface area contributed by atoms with E-state index in [4.69, 9.17) is 27.7 Å². The third kappa shape index (κ3) is 4.76. The molecule has 0 spiro atoms. The van der Waals surface area contributed by atoms with Crippen LogP contribution in [0.25, 0.3) is 28.1 Å². The number of carboxylic acids is 1. The van der Waals surface area contributed by atoms with Crippen LogP contribution in [0.1, 0.15) is 59.1 Å². The monoisotopic (exact) mass is 548 g/mol. The fraction of sp³-hybridized carbons (Fsp3) is 0.310. The number of hydrogen-bond acceptors (Lipinski definition) is 6. The summed E-state index contributed by atoms with van der Waals surface area (Å²) >= 11 is 12.9. The Bertz CT molecular complexity index is 1550. The van der Waals surface area contributed by atoms with Crippen molar-refractivity contribution in [1.82, 2.24) is 15.1 Å². The Balaban J connectivity index is 1.20. The van der Waals surface area contributed by atoms with Crippen LogP contribution < -0.4 is 4.90 Å². The first-order valence-electron chi connectivity index (χ1n) is 12.8. The zero-order valence-corrected chi connectivity index (χ0v) is 22.3.